The maximum Gasteiger partial charge on any atom is 0.173 e. The fourth-order valence-corrected chi connectivity index (χ4v) is 3.34. The van der Waals surface area contributed by atoms with Crippen molar-refractivity contribution in [1.29, 1.82) is 0 Å². The van der Waals surface area contributed by atoms with Crippen LogP contribution >= 0.6 is 12.2 Å². The molecular weight excluding hydrogens is 358 g/mol. The second-order valence-corrected chi connectivity index (χ2v) is 6.98. The van der Waals surface area contributed by atoms with Crippen molar-refractivity contribution in [3.8, 4) is 11.5 Å². The lowest BCUT2D eigenvalue weighted by molar-refractivity contribution is 0.155. The first kappa shape index (κ1) is 19.5. The van der Waals surface area contributed by atoms with Gasteiger partial charge in [-0.3, -0.25) is 4.90 Å². The molecule has 0 aromatic heterocycles. The van der Waals surface area contributed by atoms with Gasteiger partial charge in [0.05, 0.1) is 7.11 Å². The molecule has 0 spiro atoms. The van der Waals surface area contributed by atoms with Crippen molar-refractivity contribution in [2.45, 2.75) is 6.92 Å². The maximum atomic E-state index is 5.83. The van der Waals surface area contributed by atoms with Crippen molar-refractivity contribution in [3.63, 3.8) is 0 Å². The summed E-state index contributed by atoms with van der Waals surface area (Å²) in [7, 11) is 1.66. The van der Waals surface area contributed by atoms with Gasteiger partial charge in [-0.05, 0) is 55.0 Å². The van der Waals surface area contributed by atoms with Crippen LogP contribution in [-0.4, -0.2) is 61.4 Å². The minimum absolute atomic E-state index is 0.679. The molecule has 6 heteroatoms. The molecular formula is C21H27N3O2S. The number of hydrogen-bond acceptors (Lipinski definition) is 4. The minimum atomic E-state index is 0.679. The van der Waals surface area contributed by atoms with Gasteiger partial charge in [0.25, 0.3) is 0 Å². The van der Waals surface area contributed by atoms with E-state index in [-0.39, 0.29) is 0 Å². The van der Waals surface area contributed by atoms with Crippen molar-refractivity contribution in [2.24, 2.45) is 0 Å². The Hall–Kier alpha value is -2.31. The highest BCUT2D eigenvalue weighted by Crippen LogP contribution is 2.17. The minimum Gasteiger partial charge on any atom is -0.497 e. The van der Waals surface area contributed by atoms with Gasteiger partial charge in [0.1, 0.15) is 18.1 Å². The number of anilines is 1. The molecule has 0 aliphatic carbocycles. The van der Waals surface area contributed by atoms with E-state index in [1.807, 2.05) is 36.4 Å². The predicted octanol–water partition coefficient (Wildman–Crippen LogP) is 3.40. The highest BCUT2D eigenvalue weighted by atomic mass is 32.1. The fourth-order valence-electron chi connectivity index (χ4n) is 3.05. The molecule has 2 aromatic carbocycles. The van der Waals surface area contributed by atoms with E-state index in [4.69, 9.17) is 21.7 Å². The van der Waals surface area contributed by atoms with Crippen LogP contribution in [0.15, 0.2) is 48.5 Å². The molecule has 0 bridgehead atoms. The van der Waals surface area contributed by atoms with E-state index in [1.54, 1.807) is 7.11 Å². The molecule has 1 N–H and O–H groups in total. The Morgan fingerprint density at radius 1 is 1.00 bits per heavy atom. The number of rotatable bonds is 6. The summed E-state index contributed by atoms with van der Waals surface area (Å²) in [6.45, 7) is 7.52. The van der Waals surface area contributed by atoms with Crippen LogP contribution in [0.25, 0.3) is 0 Å². The van der Waals surface area contributed by atoms with Gasteiger partial charge >= 0.3 is 0 Å². The molecule has 0 amide bonds. The molecule has 144 valence electrons. The highest BCUT2D eigenvalue weighted by Gasteiger charge is 2.19. The van der Waals surface area contributed by atoms with Crippen molar-refractivity contribution in [1.82, 2.24) is 9.80 Å². The number of nitrogens with zero attached hydrogens (tertiary/aromatic N) is 2. The molecule has 3 rings (SSSR count). The number of methoxy groups -OCH3 is 1. The van der Waals surface area contributed by atoms with Gasteiger partial charge in [-0.15, -0.1) is 0 Å². The number of para-hydroxylation sites is 1. The molecule has 0 atom stereocenters. The average Bonchev–Trinajstić information content (AvgIpc) is 2.71. The number of aryl methyl sites for hydroxylation is 1. The third kappa shape index (κ3) is 5.58. The Kier molecular flexibility index (Phi) is 6.90. The second-order valence-electron chi connectivity index (χ2n) is 6.60. The molecule has 0 radical (unpaired) electrons. The number of ether oxygens (including phenoxy) is 2. The number of piperazine rings is 1. The SMILES string of the molecule is COc1ccc(OCCN2CCN(C(=S)Nc3ccccc3C)CC2)cc1. The average molecular weight is 386 g/mol. The molecule has 27 heavy (non-hydrogen) atoms. The van der Waals surface area contributed by atoms with E-state index in [0.29, 0.717) is 6.61 Å². The van der Waals surface area contributed by atoms with Crippen LogP contribution in [0.3, 0.4) is 0 Å². The lowest BCUT2D eigenvalue weighted by Gasteiger charge is -2.36. The predicted molar refractivity (Wildman–Crippen MR) is 114 cm³/mol. The van der Waals surface area contributed by atoms with Crippen LogP contribution in [0.2, 0.25) is 0 Å². The molecule has 1 fully saturated rings. The second kappa shape index (κ2) is 9.58. The first-order valence-electron chi connectivity index (χ1n) is 9.26. The third-order valence-electron chi connectivity index (χ3n) is 4.78. The van der Waals surface area contributed by atoms with Gasteiger partial charge in [-0.25, -0.2) is 0 Å². The molecule has 0 unspecified atom stereocenters. The highest BCUT2D eigenvalue weighted by molar-refractivity contribution is 7.80. The molecule has 1 saturated heterocycles. The maximum absolute atomic E-state index is 5.83. The van der Waals surface area contributed by atoms with Gasteiger partial charge in [-0.1, -0.05) is 18.2 Å². The lowest BCUT2D eigenvalue weighted by Crippen LogP contribution is -2.50. The molecule has 1 aliphatic heterocycles. The summed E-state index contributed by atoms with van der Waals surface area (Å²) in [5, 5.41) is 4.18. The normalized spacial score (nSPS) is 14.7. The Balaban J connectivity index is 1.38. The Labute approximate surface area is 166 Å². The van der Waals surface area contributed by atoms with Crippen LogP contribution in [0, 0.1) is 6.92 Å². The molecule has 1 aliphatic rings. The third-order valence-corrected chi connectivity index (χ3v) is 5.14. The smallest absolute Gasteiger partial charge is 0.173 e. The van der Waals surface area contributed by atoms with E-state index in [2.05, 4.69) is 34.2 Å². The van der Waals surface area contributed by atoms with Crippen molar-refractivity contribution >= 4 is 23.0 Å². The fraction of sp³-hybridized carbons (Fsp3) is 0.381. The van der Waals surface area contributed by atoms with E-state index in [9.17, 15) is 0 Å². The van der Waals surface area contributed by atoms with Gasteiger partial charge < -0.3 is 19.7 Å². The number of thiocarbonyl (C=S) groups is 1. The molecule has 2 aromatic rings. The summed E-state index contributed by atoms with van der Waals surface area (Å²) in [6, 6.07) is 15.9. The van der Waals surface area contributed by atoms with E-state index in [0.717, 1.165) is 55.0 Å². The molecule has 5 nitrogen and oxygen atoms in total. The Morgan fingerprint density at radius 2 is 1.67 bits per heavy atom. The molecule has 0 saturated carbocycles. The van der Waals surface area contributed by atoms with Gasteiger partial charge in [0.15, 0.2) is 5.11 Å². The monoisotopic (exact) mass is 385 g/mol. The largest absolute Gasteiger partial charge is 0.497 e. The van der Waals surface area contributed by atoms with Crippen molar-refractivity contribution < 1.29 is 9.47 Å². The summed E-state index contributed by atoms with van der Waals surface area (Å²) in [4.78, 5) is 4.65. The summed E-state index contributed by atoms with van der Waals surface area (Å²) < 4.78 is 11.0. The van der Waals surface area contributed by atoms with Crippen molar-refractivity contribution in [3.05, 3.63) is 54.1 Å². The first-order valence-corrected chi connectivity index (χ1v) is 9.67. The van der Waals surface area contributed by atoms with Crippen molar-refractivity contribution in [2.75, 3.05) is 51.8 Å². The van der Waals surface area contributed by atoms with Crippen LogP contribution < -0.4 is 14.8 Å². The van der Waals surface area contributed by atoms with Gasteiger partial charge in [-0.2, -0.15) is 0 Å². The van der Waals surface area contributed by atoms with Gasteiger partial charge in [0.2, 0.25) is 0 Å². The zero-order valence-electron chi connectivity index (χ0n) is 16.0. The quantitative estimate of drug-likeness (QED) is 0.768. The standard InChI is InChI=1S/C21H27N3O2S/c1-17-5-3-4-6-20(17)22-21(27)24-13-11-23(12-14-24)15-16-26-19-9-7-18(25-2)8-10-19/h3-10H,11-16H2,1-2H3,(H,22,27). The number of hydrogen-bond donors (Lipinski definition) is 1. The molecule has 1 heterocycles. The zero-order chi connectivity index (χ0) is 19.1. The zero-order valence-corrected chi connectivity index (χ0v) is 16.8. The summed E-state index contributed by atoms with van der Waals surface area (Å²) in [5.74, 6) is 1.71. The van der Waals surface area contributed by atoms with E-state index >= 15 is 0 Å². The number of benzene rings is 2. The van der Waals surface area contributed by atoms with E-state index < -0.39 is 0 Å². The van der Waals surface area contributed by atoms with Crippen LogP contribution in [0.1, 0.15) is 5.56 Å². The number of nitrogens with one attached hydrogen (secondary N) is 1. The Morgan fingerprint density at radius 3 is 2.33 bits per heavy atom. The topological polar surface area (TPSA) is 37.0 Å². The van der Waals surface area contributed by atoms with Crippen LogP contribution in [-0.2, 0) is 0 Å². The van der Waals surface area contributed by atoms with Crippen LogP contribution in [0.5, 0.6) is 11.5 Å². The Bertz CT molecular complexity index is 743. The van der Waals surface area contributed by atoms with Gasteiger partial charge in [0, 0.05) is 38.4 Å². The first-order chi connectivity index (χ1) is 13.2. The summed E-state index contributed by atoms with van der Waals surface area (Å²) >= 11 is 5.59. The summed E-state index contributed by atoms with van der Waals surface area (Å²) in [5.41, 5.74) is 2.28. The van der Waals surface area contributed by atoms with Crippen LogP contribution in [0.4, 0.5) is 5.69 Å². The lowest BCUT2D eigenvalue weighted by atomic mass is 10.2. The summed E-state index contributed by atoms with van der Waals surface area (Å²) in [6.07, 6.45) is 0. The van der Waals surface area contributed by atoms with E-state index in [1.165, 1.54) is 5.56 Å².